The number of carbonyl (C=O) groups is 1. The van der Waals surface area contributed by atoms with Crippen LogP contribution in [0.5, 0.6) is 0 Å². The van der Waals surface area contributed by atoms with Crippen molar-refractivity contribution in [1.82, 2.24) is 20.2 Å². The van der Waals surface area contributed by atoms with Gasteiger partial charge < -0.3 is 24.4 Å². The first-order valence-corrected chi connectivity index (χ1v) is 9.67. The number of piperidine rings is 1. The fourth-order valence-corrected chi connectivity index (χ4v) is 3.71. The van der Waals surface area contributed by atoms with Crippen LogP contribution in [0.25, 0.3) is 0 Å². The Kier molecular flexibility index (Phi) is 5.82. The summed E-state index contributed by atoms with van der Waals surface area (Å²) < 4.78 is 16.8. The van der Waals surface area contributed by atoms with Crippen LogP contribution in [0.1, 0.15) is 23.3 Å². The van der Waals surface area contributed by atoms with Crippen molar-refractivity contribution in [3.63, 3.8) is 0 Å². The van der Waals surface area contributed by atoms with Crippen LogP contribution in [0, 0.1) is 0 Å². The number of amides is 1. The SMILES string of the molecule is O=C(NCCN1CCOCC1)c1cnc(N2CCC3(CC2)OCCO3)cn1. The van der Waals surface area contributed by atoms with Crippen LogP contribution in [0.15, 0.2) is 12.4 Å². The van der Waals surface area contributed by atoms with Crippen LogP contribution >= 0.6 is 0 Å². The van der Waals surface area contributed by atoms with E-state index in [1.807, 2.05) is 0 Å². The van der Waals surface area contributed by atoms with Gasteiger partial charge in [-0.3, -0.25) is 9.69 Å². The zero-order valence-electron chi connectivity index (χ0n) is 15.6. The van der Waals surface area contributed by atoms with Crippen LogP contribution in [-0.2, 0) is 14.2 Å². The smallest absolute Gasteiger partial charge is 0.271 e. The van der Waals surface area contributed by atoms with Gasteiger partial charge in [-0.1, -0.05) is 0 Å². The van der Waals surface area contributed by atoms with Gasteiger partial charge in [0.15, 0.2) is 5.79 Å². The summed E-state index contributed by atoms with van der Waals surface area (Å²) in [4.78, 5) is 25.4. The molecule has 0 atom stereocenters. The third-order valence-electron chi connectivity index (χ3n) is 5.35. The van der Waals surface area contributed by atoms with Crippen molar-refractivity contribution < 1.29 is 19.0 Å². The van der Waals surface area contributed by atoms with E-state index < -0.39 is 5.79 Å². The van der Waals surface area contributed by atoms with E-state index in [2.05, 4.69) is 25.1 Å². The van der Waals surface area contributed by atoms with Crippen LogP contribution in [0.4, 0.5) is 5.82 Å². The maximum atomic E-state index is 12.2. The summed E-state index contributed by atoms with van der Waals surface area (Å²) in [6.07, 6.45) is 4.86. The molecule has 4 rings (SSSR count). The molecule has 1 spiro atoms. The number of rotatable bonds is 5. The number of anilines is 1. The van der Waals surface area contributed by atoms with Gasteiger partial charge in [0.1, 0.15) is 11.5 Å². The highest BCUT2D eigenvalue weighted by Gasteiger charge is 2.40. The molecule has 9 nitrogen and oxygen atoms in total. The lowest BCUT2D eigenvalue weighted by Crippen LogP contribution is -2.45. The lowest BCUT2D eigenvalue weighted by atomic mass is 10.0. The summed E-state index contributed by atoms with van der Waals surface area (Å²) >= 11 is 0. The molecule has 3 fully saturated rings. The van der Waals surface area contributed by atoms with E-state index in [1.165, 1.54) is 0 Å². The van der Waals surface area contributed by atoms with Crippen molar-refractivity contribution in [2.45, 2.75) is 18.6 Å². The monoisotopic (exact) mass is 377 g/mol. The molecule has 0 radical (unpaired) electrons. The minimum atomic E-state index is -0.399. The molecular weight excluding hydrogens is 350 g/mol. The summed E-state index contributed by atoms with van der Waals surface area (Å²) in [6.45, 7) is 7.73. The van der Waals surface area contributed by atoms with Gasteiger partial charge in [-0.05, 0) is 0 Å². The van der Waals surface area contributed by atoms with E-state index in [9.17, 15) is 4.79 Å². The molecule has 3 saturated heterocycles. The highest BCUT2D eigenvalue weighted by molar-refractivity contribution is 5.92. The molecule has 0 aromatic carbocycles. The van der Waals surface area contributed by atoms with Gasteiger partial charge in [-0.2, -0.15) is 0 Å². The van der Waals surface area contributed by atoms with E-state index in [0.717, 1.165) is 64.6 Å². The predicted octanol–water partition coefficient (Wildman–Crippen LogP) is -0.118. The number of ether oxygens (including phenoxy) is 3. The van der Waals surface area contributed by atoms with Crippen molar-refractivity contribution in [2.24, 2.45) is 0 Å². The number of nitrogens with zero attached hydrogens (tertiary/aromatic N) is 4. The van der Waals surface area contributed by atoms with Crippen LogP contribution < -0.4 is 10.2 Å². The molecule has 9 heteroatoms. The average molecular weight is 377 g/mol. The molecule has 0 saturated carbocycles. The Morgan fingerprint density at radius 1 is 1.04 bits per heavy atom. The lowest BCUT2D eigenvalue weighted by Gasteiger charge is -2.37. The molecule has 27 heavy (non-hydrogen) atoms. The van der Waals surface area contributed by atoms with Gasteiger partial charge in [0, 0.05) is 52.1 Å². The number of carbonyl (C=O) groups excluding carboxylic acids is 1. The molecule has 1 N–H and O–H groups in total. The van der Waals surface area contributed by atoms with E-state index in [4.69, 9.17) is 14.2 Å². The maximum Gasteiger partial charge on any atom is 0.271 e. The molecule has 148 valence electrons. The van der Waals surface area contributed by atoms with Gasteiger partial charge in [0.25, 0.3) is 5.91 Å². The number of nitrogens with one attached hydrogen (secondary N) is 1. The molecular formula is C18H27N5O4. The highest BCUT2D eigenvalue weighted by Crippen LogP contribution is 2.32. The minimum absolute atomic E-state index is 0.187. The Labute approximate surface area is 159 Å². The number of morpholine rings is 1. The van der Waals surface area contributed by atoms with Crippen molar-refractivity contribution in [2.75, 3.05) is 70.6 Å². The van der Waals surface area contributed by atoms with Crippen molar-refractivity contribution in [1.29, 1.82) is 0 Å². The molecule has 3 aliphatic rings. The molecule has 1 aromatic rings. The molecule has 4 heterocycles. The topological polar surface area (TPSA) is 89.1 Å². The second-order valence-electron chi connectivity index (χ2n) is 7.06. The van der Waals surface area contributed by atoms with Crippen LogP contribution in [0.3, 0.4) is 0 Å². The first-order chi connectivity index (χ1) is 13.2. The largest absolute Gasteiger partial charge is 0.379 e. The number of hydrogen-bond acceptors (Lipinski definition) is 8. The second-order valence-corrected chi connectivity index (χ2v) is 7.06. The quantitative estimate of drug-likeness (QED) is 0.760. The van der Waals surface area contributed by atoms with E-state index in [-0.39, 0.29) is 5.91 Å². The number of aromatic nitrogens is 2. The molecule has 3 aliphatic heterocycles. The summed E-state index contributed by atoms with van der Waals surface area (Å²) in [6, 6.07) is 0. The minimum Gasteiger partial charge on any atom is -0.379 e. The van der Waals surface area contributed by atoms with Gasteiger partial charge in [-0.25, -0.2) is 9.97 Å². The number of hydrogen-bond donors (Lipinski definition) is 1. The van der Waals surface area contributed by atoms with Crippen molar-refractivity contribution >= 4 is 11.7 Å². The fraction of sp³-hybridized carbons (Fsp3) is 0.722. The zero-order chi connectivity index (χ0) is 18.5. The first-order valence-electron chi connectivity index (χ1n) is 9.67. The summed E-state index contributed by atoms with van der Waals surface area (Å²) in [5.74, 6) is 0.199. The highest BCUT2D eigenvalue weighted by atomic mass is 16.7. The fourth-order valence-electron chi connectivity index (χ4n) is 3.71. The Bertz CT molecular complexity index is 619. The van der Waals surface area contributed by atoms with Crippen molar-refractivity contribution in [3.8, 4) is 0 Å². The van der Waals surface area contributed by atoms with Gasteiger partial charge in [-0.15, -0.1) is 0 Å². The molecule has 0 bridgehead atoms. The van der Waals surface area contributed by atoms with Gasteiger partial charge >= 0.3 is 0 Å². The third kappa shape index (κ3) is 4.55. The predicted molar refractivity (Wildman–Crippen MR) is 97.7 cm³/mol. The Morgan fingerprint density at radius 2 is 1.78 bits per heavy atom. The summed E-state index contributed by atoms with van der Waals surface area (Å²) in [5.41, 5.74) is 0.344. The standard InChI is InChI=1S/C18H27N5O4/c24-17(19-3-6-22-7-9-25-10-8-22)15-13-21-16(14-20-15)23-4-1-18(2-5-23)26-11-12-27-18/h13-14H,1-12H2,(H,19,24). The van der Waals surface area contributed by atoms with Crippen LogP contribution in [0.2, 0.25) is 0 Å². The molecule has 1 amide bonds. The Balaban J connectivity index is 1.24. The van der Waals surface area contributed by atoms with E-state index in [0.29, 0.717) is 25.5 Å². The lowest BCUT2D eigenvalue weighted by molar-refractivity contribution is -0.169. The first kappa shape index (κ1) is 18.5. The third-order valence-corrected chi connectivity index (χ3v) is 5.35. The summed E-state index contributed by atoms with van der Waals surface area (Å²) in [5, 5.41) is 2.91. The molecule has 1 aromatic heterocycles. The maximum absolute atomic E-state index is 12.2. The van der Waals surface area contributed by atoms with Gasteiger partial charge in [0.2, 0.25) is 0 Å². The average Bonchev–Trinajstić information content (AvgIpc) is 3.17. The normalized spacial score (nSPS) is 22.9. The zero-order valence-corrected chi connectivity index (χ0v) is 15.6. The van der Waals surface area contributed by atoms with Gasteiger partial charge in [0.05, 0.1) is 38.8 Å². The second kappa shape index (κ2) is 8.47. The van der Waals surface area contributed by atoms with Crippen LogP contribution in [-0.4, -0.2) is 92.3 Å². The Hall–Kier alpha value is -1.81. The van der Waals surface area contributed by atoms with E-state index in [1.54, 1.807) is 12.4 Å². The molecule has 0 aliphatic carbocycles. The van der Waals surface area contributed by atoms with Crippen molar-refractivity contribution in [3.05, 3.63) is 18.1 Å². The Morgan fingerprint density at radius 3 is 2.44 bits per heavy atom. The van der Waals surface area contributed by atoms with E-state index >= 15 is 0 Å². The molecule has 0 unspecified atom stereocenters. The summed E-state index contributed by atoms with van der Waals surface area (Å²) in [7, 11) is 0.